The number of hydrogen-bond donors (Lipinski definition) is 0. The summed E-state index contributed by atoms with van der Waals surface area (Å²) in [5.74, 6) is 0.263. The molecule has 0 aromatic carbocycles. The van der Waals surface area contributed by atoms with Crippen LogP contribution in [0.3, 0.4) is 0 Å². The van der Waals surface area contributed by atoms with E-state index in [-0.39, 0.29) is 23.6 Å². The fourth-order valence-electron chi connectivity index (χ4n) is 3.51. The van der Waals surface area contributed by atoms with Crippen LogP contribution in [0.1, 0.15) is 0 Å². The molecular formula is C10H10Cl8. The van der Waals surface area contributed by atoms with Crippen molar-refractivity contribution < 1.29 is 0 Å². The summed E-state index contributed by atoms with van der Waals surface area (Å²) < 4.78 is -1.30. The van der Waals surface area contributed by atoms with Gasteiger partial charge in [-0.05, 0) is 0 Å². The van der Waals surface area contributed by atoms with Crippen LogP contribution in [0, 0.1) is 16.7 Å². The van der Waals surface area contributed by atoms with Gasteiger partial charge in [0.25, 0.3) is 0 Å². The molecule has 0 amide bonds. The van der Waals surface area contributed by atoms with Crippen LogP contribution in [0.15, 0.2) is 0 Å². The van der Waals surface area contributed by atoms with Gasteiger partial charge in [-0.2, -0.15) is 0 Å². The van der Waals surface area contributed by atoms with E-state index in [1.165, 1.54) is 0 Å². The van der Waals surface area contributed by atoms with Crippen molar-refractivity contribution in [1.82, 2.24) is 0 Å². The SMILES string of the molecule is ClCC1(CCl)C2C(Cl)C(Cl)C1(CCl)C(Cl)(Cl)C2Cl. The maximum Gasteiger partial charge on any atom is 0.143 e. The summed E-state index contributed by atoms with van der Waals surface area (Å²) in [6.45, 7) is 0. The highest BCUT2D eigenvalue weighted by Crippen LogP contribution is 2.77. The smallest absolute Gasteiger partial charge is 0.126 e. The molecule has 0 N–H and O–H groups in total. The average Bonchev–Trinajstić information content (AvgIpc) is 2.63. The molecule has 18 heavy (non-hydrogen) atoms. The molecule has 2 saturated carbocycles. The van der Waals surface area contributed by atoms with Gasteiger partial charge in [0, 0.05) is 34.4 Å². The summed E-state index contributed by atoms with van der Waals surface area (Å²) in [4.78, 5) is 0. The van der Waals surface area contributed by atoms with Crippen molar-refractivity contribution >= 4 is 92.8 Å². The topological polar surface area (TPSA) is 0 Å². The van der Waals surface area contributed by atoms with Crippen molar-refractivity contribution in [1.29, 1.82) is 0 Å². The molecule has 2 fully saturated rings. The molecule has 2 rings (SSSR count). The quantitative estimate of drug-likeness (QED) is 0.550. The Kier molecular flexibility index (Phi) is 4.82. The highest BCUT2D eigenvalue weighted by atomic mass is 35.5. The number of hydrogen-bond acceptors (Lipinski definition) is 0. The van der Waals surface area contributed by atoms with Gasteiger partial charge >= 0.3 is 0 Å². The predicted octanol–water partition coefficient (Wildman–Crippen LogP) is 5.32. The van der Waals surface area contributed by atoms with Crippen molar-refractivity contribution in [3.8, 4) is 0 Å². The van der Waals surface area contributed by atoms with E-state index >= 15 is 0 Å². The first-order valence-electron chi connectivity index (χ1n) is 5.26. The van der Waals surface area contributed by atoms with E-state index in [4.69, 9.17) is 92.8 Å². The van der Waals surface area contributed by atoms with E-state index in [2.05, 4.69) is 0 Å². The zero-order chi connectivity index (χ0) is 13.9. The van der Waals surface area contributed by atoms with Gasteiger partial charge in [0.2, 0.25) is 0 Å². The largest absolute Gasteiger partial charge is 0.143 e. The van der Waals surface area contributed by atoms with Crippen LogP contribution in [-0.2, 0) is 0 Å². The summed E-state index contributed by atoms with van der Waals surface area (Å²) >= 11 is 50.6. The molecule has 0 aliphatic heterocycles. The third kappa shape index (κ3) is 1.56. The zero-order valence-electron chi connectivity index (χ0n) is 8.95. The Balaban J connectivity index is 2.70. The minimum Gasteiger partial charge on any atom is -0.126 e. The second-order valence-corrected chi connectivity index (χ2v) is 8.56. The third-order valence-electron chi connectivity index (χ3n) is 4.56. The first-order valence-corrected chi connectivity index (χ1v) is 8.93. The summed E-state index contributed by atoms with van der Waals surface area (Å²) in [7, 11) is 0. The Morgan fingerprint density at radius 2 is 1.28 bits per heavy atom. The molecule has 2 aliphatic carbocycles. The maximum absolute atomic E-state index is 6.46. The monoisotopic (exact) mass is 410 g/mol. The van der Waals surface area contributed by atoms with Gasteiger partial charge in [0.05, 0.1) is 16.1 Å². The molecule has 5 unspecified atom stereocenters. The summed E-state index contributed by atoms with van der Waals surface area (Å²) in [5, 5.41) is -1.52. The Bertz CT molecular complexity index is 341. The van der Waals surface area contributed by atoms with E-state index < -0.39 is 31.3 Å². The molecule has 0 spiro atoms. The van der Waals surface area contributed by atoms with Crippen molar-refractivity contribution in [2.45, 2.75) is 20.5 Å². The van der Waals surface area contributed by atoms with Gasteiger partial charge in [-0.25, -0.2) is 0 Å². The standard InChI is InChI=1S/C10H10Cl8/c11-1-8(2-12)4-5(14)7(16)9(8,3-13)10(17,18)6(4)15/h4-7H,1-3H2. The maximum atomic E-state index is 6.46. The van der Waals surface area contributed by atoms with Crippen molar-refractivity contribution in [2.24, 2.45) is 16.7 Å². The van der Waals surface area contributed by atoms with Crippen LogP contribution >= 0.6 is 92.8 Å². The van der Waals surface area contributed by atoms with Crippen LogP contribution < -0.4 is 0 Å². The molecule has 0 aromatic rings. The number of fused-ring (bicyclic) bond motifs is 2. The van der Waals surface area contributed by atoms with Crippen LogP contribution in [0.5, 0.6) is 0 Å². The number of rotatable bonds is 3. The lowest BCUT2D eigenvalue weighted by Gasteiger charge is -2.47. The van der Waals surface area contributed by atoms with Crippen molar-refractivity contribution in [3.05, 3.63) is 0 Å². The van der Waals surface area contributed by atoms with Crippen LogP contribution in [-0.4, -0.2) is 38.1 Å². The number of alkyl halides is 8. The highest BCUT2D eigenvalue weighted by Gasteiger charge is 2.83. The Hall–Kier alpha value is 2.32. The van der Waals surface area contributed by atoms with Gasteiger partial charge in [-0.3, -0.25) is 0 Å². The van der Waals surface area contributed by atoms with Crippen LogP contribution in [0.2, 0.25) is 0 Å². The molecule has 0 aromatic heterocycles. The molecule has 5 atom stereocenters. The van der Waals surface area contributed by atoms with Crippen LogP contribution in [0.4, 0.5) is 0 Å². The third-order valence-corrected chi connectivity index (χ3v) is 9.20. The summed E-state index contributed by atoms with van der Waals surface area (Å²) in [5.41, 5.74) is -1.56. The lowest BCUT2D eigenvalue weighted by molar-refractivity contribution is 0.160. The fourth-order valence-corrected chi connectivity index (χ4v) is 8.51. The lowest BCUT2D eigenvalue weighted by atomic mass is 9.70. The molecule has 106 valence electrons. The van der Waals surface area contributed by atoms with Gasteiger partial charge in [-0.1, -0.05) is 23.2 Å². The Labute approximate surface area is 146 Å². The summed E-state index contributed by atoms with van der Waals surface area (Å²) in [6, 6.07) is 0. The van der Waals surface area contributed by atoms with E-state index in [9.17, 15) is 0 Å². The minimum atomic E-state index is -1.30. The van der Waals surface area contributed by atoms with Gasteiger partial charge in [-0.15, -0.1) is 69.6 Å². The molecule has 2 aliphatic rings. The Morgan fingerprint density at radius 3 is 1.61 bits per heavy atom. The molecule has 8 heteroatoms. The minimum absolute atomic E-state index is 0.108. The van der Waals surface area contributed by atoms with Crippen LogP contribution in [0.25, 0.3) is 0 Å². The molecule has 0 heterocycles. The van der Waals surface area contributed by atoms with E-state index in [1.807, 2.05) is 0 Å². The van der Waals surface area contributed by atoms with Gasteiger partial charge in [0.15, 0.2) is 0 Å². The molecular weight excluding hydrogens is 404 g/mol. The predicted molar refractivity (Wildman–Crippen MR) is 83.9 cm³/mol. The van der Waals surface area contributed by atoms with Crippen molar-refractivity contribution in [3.63, 3.8) is 0 Å². The normalized spacial score (nSPS) is 48.7. The molecule has 2 bridgehead atoms. The molecule has 0 radical (unpaired) electrons. The first kappa shape index (κ1) is 16.7. The molecule has 0 saturated heterocycles. The Morgan fingerprint density at radius 1 is 0.778 bits per heavy atom. The van der Waals surface area contributed by atoms with E-state index in [0.29, 0.717) is 0 Å². The fraction of sp³-hybridized carbons (Fsp3) is 1.00. The van der Waals surface area contributed by atoms with Gasteiger partial charge in [0.1, 0.15) is 4.33 Å². The first-order chi connectivity index (χ1) is 8.28. The average molecular weight is 414 g/mol. The second kappa shape index (κ2) is 5.20. The summed E-state index contributed by atoms with van der Waals surface area (Å²) in [6.07, 6.45) is 0. The van der Waals surface area contributed by atoms with E-state index in [1.54, 1.807) is 0 Å². The zero-order valence-corrected chi connectivity index (χ0v) is 15.0. The van der Waals surface area contributed by atoms with Crippen molar-refractivity contribution in [2.75, 3.05) is 17.6 Å². The molecule has 0 nitrogen and oxygen atoms in total. The van der Waals surface area contributed by atoms with Gasteiger partial charge < -0.3 is 0 Å². The number of halogens is 8. The second-order valence-electron chi connectivity index (χ2n) is 4.93. The lowest BCUT2D eigenvalue weighted by Crippen LogP contribution is -2.56. The van der Waals surface area contributed by atoms with E-state index in [0.717, 1.165) is 0 Å². The highest BCUT2D eigenvalue weighted by molar-refractivity contribution is 6.55.